The van der Waals surface area contributed by atoms with Crippen LogP contribution in [0.15, 0.2) is 36.4 Å². The smallest absolute Gasteiger partial charge is 0.133 e. The Morgan fingerprint density at radius 1 is 1.11 bits per heavy atom. The maximum atomic E-state index is 13.2. The van der Waals surface area contributed by atoms with Crippen LogP contribution in [0.2, 0.25) is 0 Å². The van der Waals surface area contributed by atoms with Crippen LogP contribution < -0.4 is 4.74 Å². The molecular weight excluding hydrogens is 243 g/mol. The molecule has 2 nitrogen and oxygen atoms in total. The van der Waals surface area contributed by atoms with Crippen molar-refractivity contribution in [3.05, 3.63) is 58.9 Å². The van der Waals surface area contributed by atoms with E-state index in [-0.39, 0.29) is 5.82 Å². The molecule has 100 valence electrons. The van der Waals surface area contributed by atoms with Gasteiger partial charge < -0.3 is 9.84 Å². The van der Waals surface area contributed by atoms with Crippen LogP contribution in [-0.4, -0.2) is 5.11 Å². The van der Waals surface area contributed by atoms with Gasteiger partial charge in [0.05, 0.1) is 6.10 Å². The molecule has 1 N–H and O–H groups in total. The van der Waals surface area contributed by atoms with Gasteiger partial charge in [-0.05, 0) is 56.2 Å². The van der Waals surface area contributed by atoms with Gasteiger partial charge >= 0.3 is 0 Å². The van der Waals surface area contributed by atoms with E-state index in [2.05, 4.69) is 0 Å². The zero-order valence-corrected chi connectivity index (χ0v) is 11.3. The second-order valence-electron chi connectivity index (χ2n) is 4.66. The summed E-state index contributed by atoms with van der Waals surface area (Å²) in [5.74, 6) is 0.808. The maximum Gasteiger partial charge on any atom is 0.133 e. The molecule has 0 aliphatic carbocycles. The maximum absolute atomic E-state index is 13.2. The van der Waals surface area contributed by atoms with Crippen molar-refractivity contribution in [3.8, 4) is 11.5 Å². The van der Waals surface area contributed by atoms with E-state index in [1.165, 1.54) is 12.1 Å². The highest BCUT2D eigenvalue weighted by atomic mass is 19.1. The van der Waals surface area contributed by atoms with E-state index in [1.54, 1.807) is 13.0 Å². The van der Waals surface area contributed by atoms with Crippen LogP contribution in [0.3, 0.4) is 0 Å². The zero-order valence-electron chi connectivity index (χ0n) is 11.3. The average Bonchev–Trinajstić information content (AvgIpc) is 2.36. The first-order chi connectivity index (χ1) is 8.99. The minimum atomic E-state index is -0.782. The Hall–Kier alpha value is -1.87. The Labute approximate surface area is 112 Å². The lowest BCUT2D eigenvalue weighted by Crippen LogP contribution is -1.98. The van der Waals surface area contributed by atoms with Crippen molar-refractivity contribution in [1.29, 1.82) is 0 Å². The molecule has 1 atom stereocenters. The summed E-state index contributed by atoms with van der Waals surface area (Å²) < 4.78 is 19.0. The molecule has 19 heavy (non-hydrogen) atoms. The first-order valence-corrected chi connectivity index (χ1v) is 6.20. The fourth-order valence-corrected chi connectivity index (χ4v) is 1.89. The van der Waals surface area contributed by atoms with Crippen LogP contribution in [0.1, 0.15) is 29.7 Å². The van der Waals surface area contributed by atoms with Crippen LogP contribution in [0, 0.1) is 19.7 Å². The summed E-state index contributed by atoms with van der Waals surface area (Å²) in [5, 5.41) is 9.68. The third kappa shape index (κ3) is 2.93. The number of rotatable bonds is 3. The molecule has 0 saturated heterocycles. The number of halogens is 1. The molecule has 0 heterocycles. The second-order valence-corrected chi connectivity index (χ2v) is 4.66. The standard InChI is InChI=1S/C16H17FO2/c1-10-5-4-6-15(11(10)2)19-16-8-7-13(17)9-14(16)12(3)18/h4-9,12,18H,1-3H3/t12-/m1/s1. The molecular formula is C16H17FO2. The largest absolute Gasteiger partial charge is 0.457 e. The van der Waals surface area contributed by atoms with E-state index in [9.17, 15) is 9.50 Å². The third-order valence-electron chi connectivity index (χ3n) is 3.20. The van der Waals surface area contributed by atoms with Crippen LogP contribution in [0.5, 0.6) is 11.5 Å². The average molecular weight is 260 g/mol. The van der Waals surface area contributed by atoms with E-state index in [4.69, 9.17) is 4.74 Å². The summed E-state index contributed by atoms with van der Waals surface area (Å²) in [6.45, 7) is 5.56. The predicted molar refractivity (Wildman–Crippen MR) is 73.0 cm³/mol. The Morgan fingerprint density at radius 3 is 2.53 bits per heavy atom. The Kier molecular flexibility index (Phi) is 3.86. The molecule has 3 heteroatoms. The number of aliphatic hydroxyl groups excluding tert-OH is 1. The van der Waals surface area contributed by atoms with Crippen LogP contribution in [0.4, 0.5) is 4.39 Å². The van der Waals surface area contributed by atoms with Gasteiger partial charge in [0.15, 0.2) is 0 Å². The topological polar surface area (TPSA) is 29.5 Å². The van der Waals surface area contributed by atoms with Gasteiger partial charge in [-0.1, -0.05) is 12.1 Å². The van der Waals surface area contributed by atoms with Gasteiger partial charge in [0, 0.05) is 5.56 Å². The number of hydrogen-bond donors (Lipinski definition) is 1. The van der Waals surface area contributed by atoms with Gasteiger partial charge in [-0.2, -0.15) is 0 Å². The third-order valence-corrected chi connectivity index (χ3v) is 3.20. The molecule has 0 spiro atoms. The van der Waals surface area contributed by atoms with Gasteiger partial charge in [0.25, 0.3) is 0 Å². The van der Waals surface area contributed by atoms with E-state index in [1.807, 2.05) is 32.0 Å². The Bertz CT molecular complexity index is 591. The molecule has 0 aliphatic heterocycles. The van der Waals surface area contributed by atoms with Gasteiger partial charge in [0.2, 0.25) is 0 Å². The minimum Gasteiger partial charge on any atom is -0.457 e. The molecule has 2 aromatic rings. The molecule has 0 radical (unpaired) electrons. The fraction of sp³-hybridized carbons (Fsp3) is 0.250. The zero-order chi connectivity index (χ0) is 14.0. The second kappa shape index (κ2) is 5.41. The van der Waals surface area contributed by atoms with E-state index in [0.29, 0.717) is 17.1 Å². The lowest BCUT2D eigenvalue weighted by Gasteiger charge is -2.15. The number of ether oxygens (including phenoxy) is 1. The molecule has 0 bridgehead atoms. The highest BCUT2D eigenvalue weighted by molar-refractivity contribution is 5.44. The highest BCUT2D eigenvalue weighted by Gasteiger charge is 2.12. The van der Waals surface area contributed by atoms with Gasteiger partial charge in [-0.3, -0.25) is 0 Å². The fourth-order valence-electron chi connectivity index (χ4n) is 1.89. The van der Waals surface area contributed by atoms with Gasteiger partial charge in [0.1, 0.15) is 17.3 Å². The van der Waals surface area contributed by atoms with Crippen molar-refractivity contribution in [3.63, 3.8) is 0 Å². The molecule has 0 amide bonds. The quantitative estimate of drug-likeness (QED) is 0.892. The summed E-state index contributed by atoms with van der Waals surface area (Å²) in [6, 6.07) is 9.93. The molecule has 0 aromatic heterocycles. The lowest BCUT2D eigenvalue weighted by molar-refractivity contribution is 0.195. The Morgan fingerprint density at radius 2 is 1.84 bits per heavy atom. The highest BCUT2D eigenvalue weighted by Crippen LogP contribution is 2.32. The van der Waals surface area contributed by atoms with Crippen molar-refractivity contribution >= 4 is 0 Å². The first-order valence-electron chi connectivity index (χ1n) is 6.20. The summed E-state index contributed by atoms with van der Waals surface area (Å²) in [4.78, 5) is 0. The molecule has 0 unspecified atom stereocenters. The van der Waals surface area contributed by atoms with Crippen molar-refractivity contribution in [2.45, 2.75) is 26.9 Å². The van der Waals surface area contributed by atoms with E-state index in [0.717, 1.165) is 11.1 Å². The van der Waals surface area contributed by atoms with Crippen molar-refractivity contribution in [1.82, 2.24) is 0 Å². The van der Waals surface area contributed by atoms with Crippen molar-refractivity contribution in [2.75, 3.05) is 0 Å². The molecule has 0 saturated carbocycles. The molecule has 2 aromatic carbocycles. The minimum absolute atomic E-state index is 0.385. The molecule has 0 aliphatic rings. The summed E-state index contributed by atoms with van der Waals surface area (Å²) in [5.41, 5.74) is 2.60. The monoisotopic (exact) mass is 260 g/mol. The van der Waals surface area contributed by atoms with Crippen molar-refractivity contribution < 1.29 is 14.2 Å². The summed E-state index contributed by atoms with van der Waals surface area (Å²) >= 11 is 0. The van der Waals surface area contributed by atoms with E-state index < -0.39 is 6.10 Å². The van der Waals surface area contributed by atoms with Gasteiger partial charge in [-0.15, -0.1) is 0 Å². The number of hydrogen-bond acceptors (Lipinski definition) is 2. The van der Waals surface area contributed by atoms with E-state index >= 15 is 0 Å². The normalized spacial score (nSPS) is 12.3. The first kappa shape index (κ1) is 13.6. The molecule has 0 fully saturated rings. The summed E-state index contributed by atoms with van der Waals surface area (Å²) in [6.07, 6.45) is -0.782. The van der Waals surface area contributed by atoms with Crippen molar-refractivity contribution in [2.24, 2.45) is 0 Å². The van der Waals surface area contributed by atoms with Crippen LogP contribution in [0.25, 0.3) is 0 Å². The lowest BCUT2D eigenvalue weighted by atomic mass is 10.1. The van der Waals surface area contributed by atoms with Crippen LogP contribution >= 0.6 is 0 Å². The molecule has 2 rings (SSSR count). The number of aryl methyl sites for hydroxylation is 1. The SMILES string of the molecule is Cc1cccc(Oc2ccc(F)cc2[C@@H](C)O)c1C. The summed E-state index contributed by atoms with van der Waals surface area (Å²) in [7, 11) is 0. The number of benzene rings is 2. The van der Waals surface area contributed by atoms with Gasteiger partial charge in [-0.25, -0.2) is 4.39 Å². The number of aliphatic hydroxyl groups is 1. The van der Waals surface area contributed by atoms with Crippen LogP contribution in [-0.2, 0) is 0 Å². The predicted octanol–water partition coefficient (Wildman–Crippen LogP) is 4.29. The Balaban J connectivity index is 2.41.